The standard InChI is InChI=1S/C29H31ClFN3O6S/c30-22-10-16(4-9-23(22)32-28(37)21-2-1-3-24-27(21)33-25(35)15-41-24)11-26(36)34-13-18(31)12-19(34)14-40-20-7-5-17(6-8-20)29(38)39/h1-4,9-10,17-20H,5-8,11-15H2,(H,32,37)(H,33,35)(H,38,39)/t17?,18-,19-,20?/m0/s1. The number of halogens is 2. The third kappa shape index (κ3) is 7.02. The van der Waals surface area contributed by atoms with Crippen molar-refractivity contribution in [3.05, 3.63) is 52.5 Å². The zero-order valence-electron chi connectivity index (χ0n) is 22.2. The van der Waals surface area contributed by atoms with Crippen LogP contribution < -0.4 is 10.6 Å². The highest BCUT2D eigenvalue weighted by molar-refractivity contribution is 8.00. The summed E-state index contributed by atoms with van der Waals surface area (Å²) >= 11 is 7.82. The highest BCUT2D eigenvalue weighted by Gasteiger charge is 2.36. The lowest BCUT2D eigenvalue weighted by Crippen LogP contribution is -2.40. The van der Waals surface area contributed by atoms with Crippen molar-refractivity contribution in [1.29, 1.82) is 0 Å². The number of aliphatic carboxylic acids is 1. The van der Waals surface area contributed by atoms with E-state index < -0.39 is 18.0 Å². The Balaban J connectivity index is 1.18. The van der Waals surface area contributed by atoms with Gasteiger partial charge in [-0.15, -0.1) is 11.8 Å². The summed E-state index contributed by atoms with van der Waals surface area (Å²) in [5.41, 5.74) is 1.76. The number of thioether (sulfide) groups is 1. The summed E-state index contributed by atoms with van der Waals surface area (Å²) in [4.78, 5) is 51.5. The summed E-state index contributed by atoms with van der Waals surface area (Å²) in [5, 5.41) is 14.9. The van der Waals surface area contributed by atoms with Crippen molar-refractivity contribution < 1.29 is 33.4 Å². The molecular weight excluding hydrogens is 573 g/mol. The molecule has 0 unspecified atom stereocenters. The van der Waals surface area contributed by atoms with E-state index in [0.29, 0.717) is 48.2 Å². The van der Waals surface area contributed by atoms with E-state index in [1.165, 1.54) is 16.7 Å². The highest BCUT2D eigenvalue weighted by Crippen LogP contribution is 2.35. The van der Waals surface area contributed by atoms with E-state index in [0.717, 1.165) is 4.90 Å². The lowest BCUT2D eigenvalue weighted by atomic mass is 9.87. The summed E-state index contributed by atoms with van der Waals surface area (Å²) in [6, 6.07) is 9.72. The number of benzene rings is 2. The summed E-state index contributed by atoms with van der Waals surface area (Å²) in [7, 11) is 0. The maximum atomic E-state index is 14.3. The van der Waals surface area contributed by atoms with E-state index in [1.807, 2.05) is 6.07 Å². The summed E-state index contributed by atoms with van der Waals surface area (Å²) < 4.78 is 20.3. The van der Waals surface area contributed by atoms with Gasteiger partial charge in [-0.2, -0.15) is 0 Å². The van der Waals surface area contributed by atoms with Crippen LogP contribution in [-0.2, 0) is 25.5 Å². The van der Waals surface area contributed by atoms with Gasteiger partial charge in [0.25, 0.3) is 5.91 Å². The van der Waals surface area contributed by atoms with Crippen LogP contribution in [0.5, 0.6) is 0 Å². The molecule has 2 aromatic carbocycles. The SMILES string of the molecule is O=C1CSc2cccc(C(=O)Nc3ccc(CC(=O)N4C[C@@H](F)C[C@H]4COC4CCC(C(=O)O)CC4)cc3Cl)c2N1. The van der Waals surface area contributed by atoms with E-state index in [-0.39, 0.29) is 66.6 Å². The smallest absolute Gasteiger partial charge is 0.306 e. The second-order valence-corrected chi connectivity index (χ2v) is 12.1. The predicted molar refractivity (Wildman–Crippen MR) is 153 cm³/mol. The van der Waals surface area contributed by atoms with Crippen molar-refractivity contribution in [2.75, 3.05) is 29.5 Å². The number of nitrogens with zero attached hydrogens (tertiary/aromatic N) is 1. The van der Waals surface area contributed by atoms with Gasteiger partial charge < -0.3 is 25.4 Å². The largest absolute Gasteiger partial charge is 0.481 e. The van der Waals surface area contributed by atoms with Crippen LogP contribution in [0.3, 0.4) is 0 Å². The number of alkyl halides is 1. The van der Waals surface area contributed by atoms with Gasteiger partial charge in [-0.05, 0) is 55.5 Å². The number of likely N-dealkylation sites (tertiary alicyclic amines) is 1. The van der Waals surface area contributed by atoms with Gasteiger partial charge in [0.15, 0.2) is 0 Å². The first-order valence-electron chi connectivity index (χ1n) is 13.6. The van der Waals surface area contributed by atoms with Crippen molar-refractivity contribution >= 4 is 58.4 Å². The third-order valence-electron chi connectivity index (χ3n) is 7.76. The van der Waals surface area contributed by atoms with Gasteiger partial charge in [-0.25, -0.2) is 4.39 Å². The molecule has 1 saturated heterocycles. The van der Waals surface area contributed by atoms with Gasteiger partial charge in [0.1, 0.15) is 6.17 Å². The number of rotatable bonds is 8. The number of fused-ring (bicyclic) bond motifs is 1. The van der Waals surface area contributed by atoms with Crippen LogP contribution in [0.1, 0.15) is 48.0 Å². The van der Waals surface area contributed by atoms with Gasteiger partial charge in [0.2, 0.25) is 11.8 Å². The second-order valence-electron chi connectivity index (χ2n) is 10.6. The fraction of sp³-hybridized carbons (Fsp3) is 0.448. The average molecular weight is 604 g/mol. The van der Waals surface area contributed by atoms with E-state index in [9.17, 15) is 28.7 Å². The lowest BCUT2D eigenvalue weighted by molar-refractivity contribution is -0.144. The Labute approximate surface area is 246 Å². The number of anilines is 2. The monoisotopic (exact) mass is 603 g/mol. The first-order valence-corrected chi connectivity index (χ1v) is 15.0. The molecule has 1 aliphatic carbocycles. The number of nitrogens with one attached hydrogen (secondary N) is 2. The number of carbonyl (C=O) groups excluding carboxylic acids is 3. The minimum absolute atomic E-state index is 0.00326. The average Bonchev–Trinajstić information content (AvgIpc) is 3.33. The van der Waals surface area contributed by atoms with Crippen molar-refractivity contribution in [1.82, 2.24) is 4.90 Å². The Kier molecular flexibility index (Phi) is 9.16. The molecule has 3 amide bonds. The number of para-hydroxylation sites is 1. The van der Waals surface area contributed by atoms with Crippen LogP contribution in [-0.4, -0.2) is 70.9 Å². The molecule has 2 aliphatic heterocycles. The molecule has 41 heavy (non-hydrogen) atoms. The first kappa shape index (κ1) is 29.3. The molecule has 3 aliphatic rings. The zero-order chi connectivity index (χ0) is 29.1. The van der Waals surface area contributed by atoms with Crippen LogP contribution in [0, 0.1) is 5.92 Å². The number of carboxylic acid groups (broad SMARTS) is 1. The first-order chi connectivity index (χ1) is 19.7. The summed E-state index contributed by atoms with van der Waals surface area (Å²) in [5.74, 6) is -1.69. The highest BCUT2D eigenvalue weighted by atomic mass is 35.5. The maximum Gasteiger partial charge on any atom is 0.306 e. The van der Waals surface area contributed by atoms with Gasteiger partial charge in [-0.3, -0.25) is 19.2 Å². The molecule has 0 radical (unpaired) electrons. The molecule has 0 aromatic heterocycles. The topological polar surface area (TPSA) is 125 Å². The molecule has 1 saturated carbocycles. The summed E-state index contributed by atoms with van der Waals surface area (Å²) in [6.45, 7) is 0.207. The number of amides is 3. The van der Waals surface area contributed by atoms with E-state index in [1.54, 1.807) is 30.3 Å². The molecule has 218 valence electrons. The normalized spacial score (nSPS) is 24.0. The Hall–Kier alpha value is -3.15. The van der Waals surface area contributed by atoms with Crippen LogP contribution in [0.4, 0.5) is 15.8 Å². The number of carbonyl (C=O) groups is 4. The minimum Gasteiger partial charge on any atom is -0.481 e. The fourth-order valence-corrected chi connectivity index (χ4v) is 6.66. The van der Waals surface area contributed by atoms with Crippen LogP contribution in [0.25, 0.3) is 0 Å². The Bertz CT molecular complexity index is 1350. The van der Waals surface area contributed by atoms with Gasteiger partial charge in [0.05, 0.1) is 65.3 Å². The molecule has 5 rings (SSSR count). The molecule has 9 nitrogen and oxygen atoms in total. The van der Waals surface area contributed by atoms with Crippen molar-refractivity contribution in [3.63, 3.8) is 0 Å². The van der Waals surface area contributed by atoms with Gasteiger partial charge in [-0.1, -0.05) is 23.7 Å². The number of hydrogen-bond donors (Lipinski definition) is 3. The van der Waals surface area contributed by atoms with Crippen molar-refractivity contribution in [2.45, 2.75) is 61.7 Å². The molecular formula is C29H31ClFN3O6S. The third-order valence-corrected chi connectivity index (χ3v) is 9.13. The van der Waals surface area contributed by atoms with Crippen LogP contribution in [0.2, 0.25) is 5.02 Å². The molecule has 0 spiro atoms. The minimum atomic E-state index is -1.14. The quantitative estimate of drug-likeness (QED) is 0.397. The number of ether oxygens (including phenoxy) is 1. The van der Waals surface area contributed by atoms with E-state index in [4.69, 9.17) is 16.3 Å². The van der Waals surface area contributed by atoms with Crippen molar-refractivity contribution in [3.8, 4) is 0 Å². The number of carboxylic acids is 1. The van der Waals surface area contributed by atoms with Crippen LogP contribution >= 0.6 is 23.4 Å². The molecule has 3 N–H and O–H groups in total. The molecule has 2 atom stereocenters. The zero-order valence-corrected chi connectivity index (χ0v) is 23.8. The van der Waals surface area contributed by atoms with Crippen molar-refractivity contribution in [2.24, 2.45) is 5.92 Å². The van der Waals surface area contributed by atoms with Gasteiger partial charge >= 0.3 is 5.97 Å². The molecule has 12 heteroatoms. The predicted octanol–water partition coefficient (Wildman–Crippen LogP) is 4.78. The molecule has 2 aromatic rings. The Morgan fingerprint density at radius 2 is 1.95 bits per heavy atom. The number of hydrogen-bond acceptors (Lipinski definition) is 6. The van der Waals surface area contributed by atoms with Crippen LogP contribution in [0.15, 0.2) is 41.3 Å². The second kappa shape index (κ2) is 12.8. The summed E-state index contributed by atoms with van der Waals surface area (Å²) in [6.07, 6.45) is 1.37. The Morgan fingerprint density at radius 1 is 1.17 bits per heavy atom. The van der Waals surface area contributed by atoms with Gasteiger partial charge in [0, 0.05) is 11.3 Å². The lowest BCUT2D eigenvalue weighted by Gasteiger charge is -2.29. The maximum absolute atomic E-state index is 14.3. The molecule has 2 heterocycles. The van der Waals surface area contributed by atoms with E-state index >= 15 is 0 Å². The Morgan fingerprint density at radius 3 is 2.68 bits per heavy atom. The molecule has 2 fully saturated rings. The molecule has 0 bridgehead atoms. The van der Waals surface area contributed by atoms with E-state index in [2.05, 4.69) is 10.6 Å². The fourth-order valence-electron chi connectivity index (χ4n) is 5.57.